The third-order valence-electron chi connectivity index (χ3n) is 3.87. The molecule has 0 spiro atoms. The average molecular weight is 343 g/mol. The van der Waals surface area contributed by atoms with Gasteiger partial charge in [0.1, 0.15) is 0 Å². The molecule has 128 valence electrons. The highest BCUT2D eigenvalue weighted by atomic mass is 32.2. The van der Waals surface area contributed by atoms with Crippen LogP contribution in [0.25, 0.3) is 0 Å². The molecule has 1 heterocycles. The summed E-state index contributed by atoms with van der Waals surface area (Å²) in [4.78, 5) is 17.2. The van der Waals surface area contributed by atoms with Crippen LogP contribution >= 0.6 is 11.8 Å². The van der Waals surface area contributed by atoms with E-state index in [-0.39, 0.29) is 5.91 Å². The maximum atomic E-state index is 12.2. The number of hydrogen-bond acceptors (Lipinski definition) is 4. The van der Waals surface area contributed by atoms with Gasteiger partial charge >= 0.3 is 0 Å². The smallest absolute Gasteiger partial charge is 0.288 e. The first-order valence-electron chi connectivity index (χ1n) is 7.78. The van der Waals surface area contributed by atoms with Crippen molar-refractivity contribution in [1.82, 2.24) is 15.1 Å². The molecule has 1 amide bonds. The van der Waals surface area contributed by atoms with Gasteiger partial charge in [-0.15, -0.1) is 0 Å². The molecular weight excluding hydrogens is 320 g/mol. The fraction of sp³-hybridized carbons (Fsp3) is 0.562. The number of benzene rings is 1. The first kappa shape index (κ1) is 18.2. The van der Waals surface area contributed by atoms with Crippen molar-refractivity contribution < 1.29 is 13.6 Å². The van der Waals surface area contributed by atoms with Gasteiger partial charge in [0.15, 0.2) is 0 Å². The number of hydrogen-bond donors (Lipinski definition) is 1. The minimum atomic E-state index is -2.44. The van der Waals surface area contributed by atoms with Crippen LogP contribution in [0, 0.1) is 0 Å². The second-order valence-corrected chi connectivity index (χ2v) is 6.72. The van der Waals surface area contributed by atoms with Gasteiger partial charge < -0.3 is 15.1 Å². The lowest BCUT2D eigenvalue weighted by molar-refractivity contribution is 0.0949. The summed E-state index contributed by atoms with van der Waals surface area (Å²) in [5.41, 5.74) is 0.503. The molecule has 0 saturated carbocycles. The van der Waals surface area contributed by atoms with Crippen LogP contribution in [0.4, 0.5) is 8.78 Å². The van der Waals surface area contributed by atoms with Crippen molar-refractivity contribution in [3.05, 3.63) is 29.8 Å². The predicted octanol–water partition coefficient (Wildman–Crippen LogP) is 2.37. The zero-order valence-corrected chi connectivity index (χ0v) is 14.1. The van der Waals surface area contributed by atoms with Crippen LogP contribution in [-0.2, 0) is 0 Å². The number of nitrogens with zero attached hydrogens (tertiary/aromatic N) is 2. The summed E-state index contributed by atoms with van der Waals surface area (Å²) in [6.45, 7) is 5.95. The molecule has 1 saturated heterocycles. The number of carbonyl (C=O) groups excluding carboxylic acids is 1. The van der Waals surface area contributed by atoms with Gasteiger partial charge in [0, 0.05) is 43.2 Å². The Labute approximate surface area is 140 Å². The summed E-state index contributed by atoms with van der Waals surface area (Å²) in [5, 5.41) is 2.88. The highest BCUT2D eigenvalue weighted by Gasteiger charge is 2.13. The van der Waals surface area contributed by atoms with Crippen LogP contribution in [0.1, 0.15) is 16.8 Å². The van der Waals surface area contributed by atoms with Crippen LogP contribution in [0.3, 0.4) is 0 Å². The number of piperazine rings is 1. The van der Waals surface area contributed by atoms with E-state index in [9.17, 15) is 13.6 Å². The van der Waals surface area contributed by atoms with Crippen LogP contribution in [0.5, 0.6) is 0 Å². The van der Waals surface area contributed by atoms with E-state index >= 15 is 0 Å². The number of amides is 1. The molecule has 0 unspecified atom stereocenters. The normalized spacial score (nSPS) is 16.7. The summed E-state index contributed by atoms with van der Waals surface area (Å²) in [5.74, 6) is -2.60. The SMILES string of the molecule is CN1CCN(CCCNC(=O)c2ccc(SC(F)F)cc2)CC1. The molecule has 0 aliphatic carbocycles. The van der Waals surface area contributed by atoms with Gasteiger partial charge in [-0.3, -0.25) is 4.79 Å². The topological polar surface area (TPSA) is 35.6 Å². The fourth-order valence-corrected chi connectivity index (χ4v) is 2.96. The van der Waals surface area contributed by atoms with E-state index in [1.807, 2.05) is 0 Å². The van der Waals surface area contributed by atoms with Gasteiger partial charge in [0.05, 0.1) is 0 Å². The van der Waals surface area contributed by atoms with Crippen molar-refractivity contribution in [1.29, 1.82) is 0 Å². The Hall–Kier alpha value is -1.18. The van der Waals surface area contributed by atoms with Gasteiger partial charge in [-0.25, -0.2) is 0 Å². The molecule has 1 aromatic rings. The van der Waals surface area contributed by atoms with Crippen molar-refractivity contribution in [2.24, 2.45) is 0 Å². The van der Waals surface area contributed by atoms with Crippen molar-refractivity contribution in [2.45, 2.75) is 17.1 Å². The molecule has 0 bridgehead atoms. The molecule has 0 aromatic heterocycles. The van der Waals surface area contributed by atoms with Crippen molar-refractivity contribution in [3.63, 3.8) is 0 Å². The van der Waals surface area contributed by atoms with Gasteiger partial charge in [-0.1, -0.05) is 11.8 Å². The molecule has 23 heavy (non-hydrogen) atoms. The minimum absolute atomic E-state index is 0.156. The minimum Gasteiger partial charge on any atom is -0.352 e. The van der Waals surface area contributed by atoms with E-state index in [1.54, 1.807) is 24.3 Å². The molecule has 0 radical (unpaired) electrons. The van der Waals surface area contributed by atoms with E-state index in [0.717, 1.165) is 39.1 Å². The Bertz CT molecular complexity index is 491. The molecule has 0 atom stereocenters. The summed E-state index contributed by atoms with van der Waals surface area (Å²) < 4.78 is 24.5. The third-order valence-corrected chi connectivity index (χ3v) is 4.60. The Morgan fingerprint density at radius 3 is 2.48 bits per heavy atom. The van der Waals surface area contributed by atoms with E-state index in [1.165, 1.54) is 0 Å². The van der Waals surface area contributed by atoms with E-state index in [0.29, 0.717) is 28.8 Å². The summed E-state index contributed by atoms with van der Waals surface area (Å²) in [6, 6.07) is 6.27. The largest absolute Gasteiger partial charge is 0.352 e. The molecule has 1 fully saturated rings. The molecule has 1 aliphatic rings. The predicted molar refractivity (Wildman–Crippen MR) is 89.2 cm³/mol. The van der Waals surface area contributed by atoms with Gasteiger partial charge in [0.2, 0.25) is 0 Å². The van der Waals surface area contributed by atoms with Crippen molar-refractivity contribution in [3.8, 4) is 0 Å². The number of nitrogens with one attached hydrogen (secondary N) is 1. The second kappa shape index (κ2) is 9.20. The molecule has 4 nitrogen and oxygen atoms in total. The second-order valence-electron chi connectivity index (χ2n) is 5.66. The lowest BCUT2D eigenvalue weighted by atomic mass is 10.2. The standard InChI is InChI=1S/C16H23F2N3OS/c1-20-9-11-21(12-10-20)8-2-7-19-15(22)13-3-5-14(6-4-13)23-16(17)18/h3-6,16H,2,7-12H2,1H3,(H,19,22). The van der Waals surface area contributed by atoms with Crippen LogP contribution in [-0.4, -0.2) is 67.8 Å². The Morgan fingerprint density at radius 1 is 1.22 bits per heavy atom. The van der Waals surface area contributed by atoms with E-state index < -0.39 is 5.76 Å². The maximum Gasteiger partial charge on any atom is 0.288 e. The van der Waals surface area contributed by atoms with Crippen LogP contribution in [0.15, 0.2) is 29.2 Å². The van der Waals surface area contributed by atoms with Gasteiger partial charge in [0.25, 0.3) is 11.7 Å². The van der Waals surface area contributed by atoms with Crippen LogP contribution in [0.2, 0.25) is 0 Å². The number of halogens is 2. The first-order valence-corrected chi connectivity index (χ1v) is 8.66. The maximum absolute atomic E-state index is 12.2. The first-order chi connectivity index (χ1) is 11.0. The van der Waals surface area contributed by atoms with Crippen molar-refractivity contribution >= 4 is 17.7 Å². The highest BCUT2D eigenvalue weighted by Crippen LogP contribution is 2.25. The average Bonchev–Trinajstić information content (AvgIpc) is 2.53. The lowest BCUT2D eigenvalue weighted by Gasteiger charge is -2.32. The molecule has 1 N–H and O–H groups in total. The molecular formula is C16H23F2N3OS. The van der Waals surface area contributed by atoms with Crippen molar-refractivity contribution in [2.75, 3.05) is 46.3 Å². The Kier molecular flexibility index (Phi) is 7.26. The third kappa shape index (κ3) is 6.45. The van der Waals surface area contributed by atoms with Gasteiger partial charge in [-0.05, 0) is 44.3 Å². The Balaban J connectivity index is 1.66. The molecule has 2 rings (SSSR count). The van der Waals surface area contributed by atoms with E-state index in [4.69, 9.17) is 0 Å². The number of carbonyl (C=O) groups is 1. The monoisotopic (exact) mass is 343 g/mol. The van der Waals surface area contributed by atoms with E-state index in [2.05, 4.69) is 22.2 Å². The highest BCUT2D eigenvalue weighted by molar-refractivity contribution is 7.99. The zero-order chi connectivity index (χ0) is 16.7. The zero-order valence-electron chi connectivity index (χ0n) is 13.3. The summed E-state index contributed by atoms with van der Waals surface area (Å²) >= 11 is 0.482. The van der Waals surface area contributed by atoms with Gasteiger partial charge in [-0.2, -0.15) is 8.78 Å². The summed E-state index contributed by atoms with van der Waals surface area (Å²) in [7, 11) is 2.13. The number of thioether (sulfide) groups is 1. The molecule has 1 aliphatic heterocycles. The number of likely N-dealkylation sites (N-methyl/N-ethyl adjacent to an activating group) is 1. The fourth-order valence-electron chi connectivity index (χ4n) is 2.47. The summed E-state index contributed by atoms with van der Waals surface area (Å²) in [6.07, 6.45) is 0.911. The Morgan fingerprint density at radius 2 is 1.87 bits per heavy atom. The van der Waals surface area contributed by atoms with Crippen LogP contribution < -0.4 is 5.32 Å². The molecule has 1 aromatic carbocycles. The quantitative estimate of drug-likeness (QED) is 0.609. The molecule has 7 heteroatoms. The number of alkyl halides is 2. The number of rotatable bonds is 7. The lowest BCUT2D eigenvalue weighted by Crippen LogP contribution is -2.45.